The Kier molecular flexibility index (Phi) is 5.62. The summed E-state index contributed by atoms with van der Waals surface area (Å²) in [4.78, 5) is 32.0. The molecule has 2 aromatic heterocycles. The second-order valence-corrected chi connectivity index (χ2v) is 9.55. The Balaban J connectivity index is 1.57. The molecule has 8 nitrogen and oxygen atoms in total. The lowest BCUT2D eigenvalue weighted by Gasteiger charge is -2.34. The van der Waals surface area contributed by atoms with E-state index in [0.29, 0.717) is 41.8 Å². The molecule has 0 radical (unpaired) electrons. The second-order valence-electron chi connectivity index (χ2n) is 9.55. The molecule has 1 N–H and O–H groups in total. The molecule has 3 aromatic rings. The average Bonchev–Trinajstić information content (AvgIpc) is 3.13. The molecule has 1 aliphatic heterocycles. The molecular formula is C24H29N5O3. The highest BCUT2D eigenvalue weighted by Crippen LogP contribution is 2.36. The highest BCUT2D eigenvalue weighted by Gasteiger charge is 2.32. The number of nitrogens with zero attached hydrogens (tertiary/aromatic N) is 4. The van der Waals surface area contributed by atoms with E-state index in [1.807, 2.05) is 25.5 Å². The van der Waals surface area contributed by atoms with Crippen LogP contribution >= 0.6 is 0 Å². The van der Waals surface area contributed by atoms with E-state index in [1.54, 1.807) is 41.6 Å². The number of hydrogen-bond acceptors (Lipinski definition) is 5. The predicted molar refractivity (Wildman–Crippen MR) is 124 cm³/mol. The summed E-state index contributed by atoms with van der Waals surface area (Å²) < 4.78 is 7.57. The maximum absolute atomic E-state index is 12.9. The van der Waals surface area contributed by atoms with Crippen LogP contribution in [0.2, 0.25) is 0 Å². The van der Waals surface area contributed by atoms with Crippen LogP contribution in [-0.2, 0) is 11.3 Å². The third-order valence-electron chi connectivity index (χ3n) is 5.24. The summed E-state index contributed by atoms with van der Waals surface area (Å²) >= 11 is 0. The Labute approximate surface area is 187 Å². The van der Waals surface area contributed by atoms with Crippen LogP contribution in [0, 0.1) is 11.3 Å². The molecule has 8 heteroatoms. The molecule has 0 fully saturated rings. The molecule has 4 rings (SSSR count). The van der Waals surface area contributed by atoms with Crippen molar-refractivity contribution < 1.29 is 14.3 Å². The molecule has 0 unspecified atom stereocenters. The topological polar surface area (TPSA) is 89.4 Å². The van der Waals surface area contributed by atoms with E-state index in [9.17, 15) is 9.59 Å². The van der Waals surface area contributed by atoms with E-state index in [4.69, 9.17) is 4.74 Å². The smallest absolute Gasteiger partial charge is 0.257 e. The van der Waals surface area contributed by atoms with Gasteiger partial charge in [-0.3, -0.25) is 9.59 Å². The van der Waals surface area contributed by atoms with Crippen LogP contribution in [0.1, 0.15) is 45.0 Å². The third-order valence-corrected chi connectivity index (χ3v) is 5.24. The fourth-order valence-electron chi connectivity index (χ4n) is 3.69. The first-order valence-corrected chi connectivity index (χ1v) is 10.9. The number of hydrogen-bond donors (Lipinski definition) is 1. The molecular weight excluding hydrogens is 406 g/mol. The highest BCUT2D eigenvalue weighted by molar-refractivity contribution is 6.06. The molecule has 1 aliphatic rings. The summed E-state index contributed by atoms with van der Waals surface area (Å²) in [5.74, 6) is 0.813. The van der Waals surface area contributed by atoms with Crippen molar-refractivity contribution >= 4 is 34.2 Å². The van der Waals surface area contributed by atoms with Gasteiger partial charge in [-0.25, -0.2) is 9.67 Å². The Morgan fingerprint density at radius 1 is 1.19 bits per heavy atom. The van der Waals surface area contributed by atoms with E-state index >= 15 is 0 Å². The van der Waals surface area contributed by atoms with Crippen molar-refractivity contribution in [3.8, 4) is 5.75 Å². The fourth-order valence-corrected chi connectivity index (χ4v) is 3.69. The molecule has 1 aromatic carbocycles. The van der Waals surface area contributed by atoms with Gasteiger partial charge < -0.3 is 15.0 Å². The molecule has 32 heavy (non-hydrogen) atoms. The van der Waals surface area contributed by atoms with Crippen LogP contribution < -0.4 is 15.0 Å². The quantitative estimate of drug-likeness (QED) is 0.666. The SMILES string of the molecule is CC(C)Cn1ncc2cc(C(=O)Nc3ccc4c(c3)N(C(=O)C(C)(C)C)CCO4)cnc21. The van der Waals surface area contributed by atoms with Gasteiger partial charge in [0, 0.05) is 29.2 Å². The number of fused-ring (bicyclic) bond motifs is 2. The monoisotopic (exact) mass is 435 g/mol. The number of ether oxygens (including phenoxy) is 1. The number of carbonyl (C=O) groups is 2. The summed E-state index contributed by atoms with van der Waals surface area (Å²) in [5, 5.41) is 8.11. The van der Waals surface area contributed by atoms with Crippen LogP contribution in [-0.4, -0.2) is 39.7 Å². The van der Waals surface area contributed by atoms with Gasteiger partial charge in [0.15, 0.2) is 5.65 Å². The minimum Gasteiger partial charge on any atom is -0.490 e. The zero-order valence-corrected chi connectivity index (χ0v) is 19.2. The summed E-state index contributed by atoms with van der Waals surface area (Å²) in [6.07, 6.45) is 3.29. The Bertz CT molecular complexity index is 1180. The van der Waals surface area contributed by atoms with Crippen molar-refractivity contribution in [2.45, 2.75) is 41.2 Å². The van der Waals surface area contributed by atoms with Gasteiger partial charge in [-0.1, -0.05) is 34.6 Å². The first-order chi connectivity index (χ1) is 15.1. The largest absolute Gasteiger partial charge is 0.490 e. The third kappa shape index (κ3) is 4.30. The predicted octanol–water partition coefficient (Wildman–Crippen LogP) is 4.11. The van der Waals surface area contributed by atoms with Gasteiger partial charge >= 0.3 is 0 Å². The van der Waals surface area contributed by atoms with Gasteiger partial charge in [-0.05, 0) is 30.2 Å². The summed E-state index contributed by atoms with van der Waals surface area (Å²) in [6.45, 7) is 11.6. The van der Waals surface area contributed by atoms with E-state index < -0.39 is 5.41 Å². The molecule has 0 aliphatic carbocycles. The fraction of sp³-hybridized carbons (Fsp3) is 0.417. The molecule has 0 bridgehead atoms. The van der Waals surface area contributed by atoms with E-state index in [2.05, 4.69) is 29.2 Å². The maximum Gasteiger partial charge on any atom is 0.257 e. The molecule has 0 atom stereocenters. The van der Waals surface area contributed by atoms with Crippen molar-refractivity contribution in [3.63, 3.8) is 0 Å². The molecule has 0 saturated heterocycles. The minimum atomic E-state index is -0.519. The molecule has 0 spiro atoms. The Morgan fingerprint density at radius 2 is 1.97 bits per heavy atom. The molecule has 168 valence electrons. The number of amides is 2. The van der Waals surface area contributed by atoms with Gasteiger partial charge in [0.05, 0.1) is 24.0 Å². The lowest BCUT2D eigenvalue weighted by atomic mass is 9.94. The van der Waals surface area contributed by atoms with E-state index in [0.717, 1.165) is 17.6 Å². The number of carbonyl (C=O) groups excluding carboxylic acids is 2. The Morgan fingerprint density at radius 3 is 2.69 bits per heavy atom. The van der Waals surface area contributed by atoms with Gasteiger partial charge in [0.1, 0.15) is 12.4 Å². The minimum absolute atomic E-state index is 0.0126. The number of rotatable bonds is 4. The normalized spacial score (nSPS) is 13.8. The summed E-state index contributed by atoms with van der Waals surface area (Å²) in [7, 11) is 0. The summed E-state index contributed by atoms with van der Waals surface area (Å²) in [5.41, 5.74) is 1.93. The highest BCUT2D eigenvalue weighted by atomic mass is 16.5. The lowest BCUT2D eigenvalue weighted by molar-refractivity contribution is -0.126. The summed E-state index contributed by atoms with van der Waals surface area (Å²) in [6, 6.07) is 7.12. The van der Waals surface area contributed by atoms with Gasteiger partial charge in [-0.2, -0.15) is 5.10 Å². The van der Waals surface area contributed by atoms with E-state index in [-0.39, 0.29) is 11.8 Å². The van der Waals surface area contributed by atoms with Gasteiger partial charge in [0.2, 0.25) is 5.91 Å². The number of pyridine rings is 1. The van der Waals surface area contributed by atoms with Crippen molar-refractivity contribution in [1.82, 2.24) is 14.8 Å². The average molecular weight is 436 g/mol. The first kappa shape index (κ1) is 21.8. The number of aromatic nitrogens is 3. The first-order valence-electron chi connectivity index (χ1n) is 10.9. The standard InChI is InChI=1S/C24H29N5O3/c1-15(2)14-29-21-16(13-26-29)10-17(12-25-21)22(30)27-18-6-7-20-19(11-18)28(8-9-32-20)23(31)24(3,4)5/h6-7,10-13,15H,8-9,14H2,1-5H3,(H,27,30). The van der Waals surface area contributed by atoms with Crippen molar-refractivity contribution in [2.75, 3.05) is 23.4 Å². The molecule has 2 amide bonds. The van der Waals surface area contributed by atoms with Crippen LogP contribution in [0.5, 0.6) is 5.75 Å². The maximum atomic E-state index is 12.9. The number of nitrogens with one attached hydrogen (secondary N) is 1. The van der Waals surface area contributed by atoms with Crippen molar-refractivity contribution in [3.05, 3.63) is 42.2 Å². The van der Waals surface area contributed by atoms with E-state index in [1.165, 1.54) is 0 Å². The molecule has 3 heterocycles. The second kappa shape index (κ2) is 8.26. The van der Waals surface area contributed by atoms with Crippen LogP contribution in [0.3, 0.4) is 0 Å². The van der Waals surface area contributed by atoms with Crippen LogP contribution in [0.4, 0.5) is 11.4 Å². The Hall–Kier alpha value is -3.42. The lowest BCUT2D eigenvalue weighted by Crippen LogP contribution is -2.44. The number of anilines is 2. The van der Waals surface area contributed by atoms with Crippen molar-refractivity contribution in [2.24, 2.45) is 11.3 Å². The van der Waals surface area contributed by atoms with Crippen LogP contribution in [0.15, 0.2) is 36.7 Å². The van der Waals surface area contributed by atoms with Gasteiger partial charge in [0.25, 0.3) is 5.91 Å². The zero-order chi connectivity index (χ0) is 23.0. The van der Waals surface area contributed by atoms with Crippen molar-refractivity contribution in [1.29, 1.82) is 0 Å². The molecule has 0 saturated carbocycles. The van der Waals surface area contributed by atoms with Gasteiger partial charge in [-0.15, -0.1) is 0 Å². The number of benzene rings is 1. The van der Waals surface area contributed by atoms with Crippen LogP contribution in [0.25, 0.3) is 11.0 Å². The zero-order valence-electron chi connectivity index (χ0n) is 19.2.